The normalized spacial score (nSPS) is 11.0. The molecule has 6 N–H and O–H groups in total. The van der Waals surface area contributed by atoms with E-state index >= 15 is 0 Å². The molecule has 0 aliphatic rings. The molecule has 0 radical (unpaired) electrons. The predicted octanol–water partition coefficient (Wildman–Crippen LogP) is -0.257. The highest BCUT2D eigenvalue weighted by Crippen LogP contribution is 2.35. The molecule has 0 saturated carbocycles. The second kappa shape index (κ2) is 13.1. The molecule has 1 atom stereocenters. The van der Waals surface area contributed by atoms with Gasteiger partial charge < -0.3 is 30.2 Å². The van der Waals surface area contributed by atoms with Gasteiger partial charge in [-0.15, -0.1) is 0 Å². The molecule has 0 aliphatic carbocycles. The molecule has 0 amide bonds. The molecule has 0 aromatic heterocycles. The Bertz CT molecular complexity index is 377. The van der Waals surface area contributed by atoms with E-state index in [4.69, 9.17) is 30.2 Å². The van der Waals surface area contributed by atoms with E-state index in [-0.39, 0.29) is 11.1 Å². The van der Waals surface area contributed by atoms with E-state index in [0.29, 0.717) is 0 Å². The Labute approximate surface area is 127 Å². The van der Waals surface area contributed by atoms with Gasteiger partial charge in [-0.25, -0.2) is 14.2 Å². The standard InChI is InChI=1S/2C4H6O2.C3H9O6P/c2*1-3(2)4(5)6;4-1-3(5)2-9-10(6,7)8/h2*1H2,2H3,(H,5,6);3-5H,1-2H2,(H2,6,7,8). The molecule has 22 heavy (non-hydrogen) atoms. The quantitative estimate of drug-likeness (QED) is 0.277. The number of aliphatic carboxylic acids is 2. The molecular weight excluding hydrogens is 323 g/mol. The number of phosphoric ester groups is 1. The minimum atomic E-state index is -4.50. The first-order valence-corrected chi connectivity index (χ1v) is 7.04. The summed E-state index contributed by atoms with van der Waals surface area (Å²) in [4.78, 5) is 35.3. The summed E-state index contributed by atoms with van der Waals surface area (Å²) in [6.07, 6.45) is -1.24. The highest BCUT2D eigenvalue weighted by Gasteiger charge is 2.15. The van der Waals surface area contributed by atoms with Crippen LogP contribution in [0.1, 0.15) is 13.8 Å². The minimum absolute atomic E-state index is 0.176. The number of hydrogen-bond acceptors (Lipinski definition) is 6. The van der Waals surface area contributed by atoms with Crippen LogP contribution in [0.2, 0.25) is 0 Å². The molecule has 11 heteroatoms. The maximum absolute atomic E-state index is 9.93. The molecule has 0 fully saturated rings. The number of rotatable bonds is 6. The number of carboxylic acid groups (broad SMARTS) is 2. The molecule has 0 aliphatic heterocycles. The highest BCUT2D eigenvalue weighted by atomic mass is 31.2. The molecule has 10 nitrogen and oxygen atoms in total. The van der Waals surface area contributed by atoms with E-state index in [1.54, 1.807) is 0 Å². The van der Waals surface area contributed by atoms with Crippen molar-refractivity contribution in [2.45, 2.75) is 20.0 Å². The fourth-order valence-corrected chi connectivity index (χ4v) is 0.602. The van der Waals surface area contributed by atoms with E-state index in [0.717, 1.165) is 0 Å². The van der Waals surface area contributed by atoms with Gasteiger partial charge in [0.2, 0.25) is 0 Å². The first-order valence-electron chi connectivity index (χ1n) is 5.51. The van der Waals surface area contributed by atoms with Crippen molar-refractivity contribution in [2.24, 2.45) is 0 Å². The van der Waals surface area contributed by atoms with Crippen molar-refractivity contribution in [2.75, 3.05) is 13.2 Å². The topological polar surface area (TPSA) is 182 Å². The molecular formula is C11H21O10P. The Morgan fingerprint density at radius 3 is 1.50 bits per heavy atom. The number of carbonyl (C=O) groups is 2. The molecule has 0 aromatic carbocycles. The number of hydrogen-bond donors (Lipinski definition) is 6. The molecule has 130 valence electrons. The average molecular weight is 344 g/mol. The summed E-state index contributed by atoms with van der Waals surface area (Å²) in [5.41, 5.74) is 0.352. The Balaban J connectivity index is -0.000000261. The van der Waals surface area contributed by atoms with Crippen molar-refractivity contribution in [1.29, 1.82) is 0 Å². The Hall–Kier alpha value is -1.55. The zero-order valence-electron chi connectivity index (χ0n) is 12.2. The SMILES string of the molecule is C=C(C)C(=O)O.C=C(C)C(=O)O.O=P(O)(O)OCC(O)CO. The van der Waals surface area contributed by atoms with Crippen LogP contribution in [0.3, 0.4) is 0 Å². The first-order chi connectivity index (χ1) is 9.74. The van der Waals surface area contributed by atoms with E-state index in [9.17, 15) is 14.2 Å². The van der Waals surface area contributed by atoms with E-state index in [1.165, 1.54) is 13.8 Å². The number of carboxylic acids is 2. The summed E-state index contributed by atoms with van der Waals surface area (Å²) < 4.78 is 13.8. The van der Waals surface area contributed by atoms with Gasteiger partial charge in [0.15, 0.2) is 0 Å². The monoisotopic (exact) mass is 344 g/mol. The fraction of sp³-hybridized carbons (Fsp3) is 0.455. The lowest BCUT2D eigenvalue weighted by Crippen LogP contribution is -2.18. The van der Waals surface area contributed by atoms with Crippen LogP contribution in [-0.4, -0.2) is 61.5 Å². The van der Waals surface area contributed by atoms with Gasteiger partial charge in [0.05, 0.1) is 13.2 Å². The summed E-state index contributed by atoms with van der Waals surface area (Å²) in [6.45, 7) is 8.05. The van der Waals surface area contributed by atoms with Crippen molar-refractivity contribution in [3.63, 3.8) is 0 Å². The Morgan fingerprint density at radius 2 is 1.36 bits per heavy atom. The van der Waals surface area contributed by atoms with Crippen LogP contribution in [0.5, 0.6) is 0 Å². The van der Waals surface area contributed by atoms with E-state index in [2.05, 4.69) is 17.7 Å². The summed E-state index contributed by atoms with van der Waals surface area (Å²) in [7, 11) is -4.50. The summed E-state index contributed by atoms with van der Waals surface area (Å²) >= 11 is 0. The lowest BCUT2D eigenvalue weighted by molar-refractivity contribution is -0.133. The second-order valence-electron chi connectivity index (χ2n) is 3.79. The maximum Gasteiger partial charge on any atom is 0.469 e. The molecule has 0 heterocycles. The third-order valence-corrected chi connectivity index (χ3v) is 1.86. The van der Waals surface area contributed by atoms with Gasteiger partial charge in [0.25, 0.3) is 0 Å². The smallest absolute Gasteiger partial charge is 0.469 e. The summed E-state index contributed by atoms with van der Waals surface area (Å²) in [5, 5.41) is 32.4. The third-order valence-electron chi connectivity index (χ3n) is 1.38. The van der Waals surface area contributed by atoms with Gasteiger partial charge in [0.1, 0.15) is 6.10 Å². The highest BCUT2D eigenvalue weighted by molar-refractivity contribution is 7.46. The predicted molar refractivity (Wildman–Crippen MR) is 76.0 cm³/mol. The molecule has 0 rings (SSSR count). The van der Waals surface area contributed by atoms with Crippen LogP contribution in [0.25, 0.3) is 0 Å². The molecule has 0 spiro atoms. The summed E-state index contributed by atoms with van der Waals surface area (Å²) in [6, 6.07) is 0. The number of aliphatic hydroxyl groups excluding tert-OH is 2. The lowest BCUT2D eigenvalue weighted by atomic mass is 10.4. The zero-order valence-corrected chi connectivity index (χ0v) is 13.1. The average Bonchev–Trinajstić information content (AvgIpc) is 2.36. The van der Waals surface area contributed by atoms with E-state index < -0.39 is 39.1 Å². The second-order valence-corrected chi connectivity index (χ2v) is 5.03. The van der Waals surface area contributed by atoms with Crippen molar-refractivity contribution >= 4 is 19.8 Å². The largest absolute Gasteiger partial charge is 0.478 e. The first kappa shape index (κ1) is 25.4. The van der Waals surface area contributed by atoms with Crippen LogP contribution in [-0.2, 0) is 18.7 Å². The van der Waals surface area contributed by atoms with Crippen LogP contribution < -0.4 is 0 Å². The molecule has 0 aromatic rings. The Kier molecular flexibility index (Phi) is 15.2. The van der Waals surface area contributed by atoms with Gasteiger partial charge in [-0.2, -0.15) is 0 Å². The molecule has 0 bridgehead atoms. The van der Waals surface area contributed by atoms with Crippen molar-refractivity contribution in [3.05, 3.63) is 24.3 Å². The van der Waals surface area contributed by atoms with Crippen LogP contribution in [0, 0.1) is 0 Å². The van der Waals surface area contributed by atoms with Crippen LogP contribution in [0.4, 0.5) is 0 Å². The van der Waals surface area contributed by atoms with Gasteiger partial charge in [-0.05, 0) is 13.8 Å². The van der Waals surface area contributed by atoms with Crippen LogP contribution in [0.15, 0.2) is 24.3 Å². The number of aliphatic hydroxyl groups is 2. The lowest BCUT2D eigenvalue weighted by Gasteiger charge is -2.07. The maximum atomic E-state index is 9.93. The van der Waals surface area contributed by atoms with E-state index in [1.807, 2.05) is 0 Å². The van der Waals surface area contributed by atoms with Gasteiger partial charge in [-0.3, -0.25) is 4.52 Å². The van der Waals surface area contributed by atoms with Crippen molar-refractivity contribution in [3.8, 4) is 0 Å². The van der Waals surface area contributed by atoms with Gasteiger partial charge in [0, 0.05) is 11.1 Å². The third kappa shape index (κ3) is 26.9. The Morgan fingerprint density at radius 1 is 1.09 bits per heavy atom. The van der Waals surface area contributed by atoms with Crippen molar-refractivity contribution < 1.29 is 48.9 Å². The molecule has 0 saturated heterocycles. The minimum Gasteiger partial charge on any atom is -0.478 e. The van der Waals surface area contributed by atoms with Crippen molar-refractivity contribution in [1.82, 2.24) is 0 Å². The van der Waals surface area contributed by atoms with Gasteiger partial charge in [-0.1, -0.05) is 13.2 Å². The van der Waals surface area contributed by atoms with Crippen LogP contribution >= 0.6 is 7.82 Å². The van der Waals surface area contributed by atoms with Gasteiger partial charge >= 0.3 is 19.8 Å². The zero-order chi connectivity index (χ0) is 18.5. The summed E-state index contributed by atoms with van der Waals surface area (Å²) in [5.74, 6) is -1.87. The fourth-order valence-electron chi connectivity index (χ4n) is 0.236. The number of phosphoric acid groups is 1. The molecule has 1 unspecified atom stereocenters.